The van der Waals surface area contributed by atoms with Gasteiger partial charge in [0.2, 0.25) is 5.95 Å². The minimum atomic E-state index is -4.46. The van der Waals surface area contributed by atoms with Crippen molar-refractivity contribution in [1.82, 2.24) is 19.9 Å². The second kappa shape index (κ2) is 7.57. The first-order valence-electron chi connectivity index (χ1n) is 8.60. The van der Waals surface area contributed by atoms with Gasteiger partial charge in [-0.1, -0.05) is 6.07 Å². The molecule has 26 heavy (non-hydrogen) atoms. The molecule has 1 aliphatic rings. The Morgan fingerprint density at radius 3 is 2.77 bits per heavy atom. The summed E-state index contributed by atoms with van der Waals surface area (Å²) >= 11 is 0. The van der Waals surface area contributed by atoms with Gasteiger partial charge in [-0.25, -0.2) is 9.97 Å². The molecule has 0 spiro atoms. The number of alkyl halides is 3. The SMILES string of the molecule is Cc1ncccc1CN1CCCC(N(C)c2nccc(C(F)(F)F)n2)C1. The first kappa shape index (κ1) is 18.6. The van der Waals surface area contributed by atoms with Gasteiger partial charge in [0.25, 0.3) is 0 Å². The average molecular weight is 365 g/mol. The molecular formula is C18H22F3N5. The van der Waals surface area contributed by atoms with E-state index < -0.39 is 11.9 Å². The van der Waals surface area contributed by atoms with E-state index in [9.17, 15) is 13.2 Å². The Labute approximate surface area is 150 Å². The Morgan fingerprint density at radius 2 is 2.04 bits per heavy atom. The summed E-state index contributed by atoms with van der Waals surface area (Å²) in [7, 11) is 1.76. The number of hydrogen-bond acceptors (Lipinski definition) is 5. The van der Waals surface area contributed by atoms with Crippen LogP contribution in [-0.4, -0.2) is 46.0 Å². The van der Waals surface area contributed by atoms with Crippen molar-refractivity contribution in [3.05, 3.63) is 47.5 Å². The molecule has 0 bridgehead atoms. The minimum Gasteiger partial charge on any atom is -0.340 e. The highest BCUT2D eigenvalue weighted by atomic mass is 19.4. The Morgan fingerprint density at radius 1 is 1.23 bits per heavy atom. The molecule has 1 aliphatic heterocycles. The molecule has 0 N–H and O–H groups in total. The largest absolute Gasteiger partial charge is 0.433 e. The van der Waals surface area contributed by atoms with Gasteiger partial charge in [-0.3, -0.25) is 9.88 Å². The second-order valence-electron chi connectivity index (χ2n) is 6.63. The number of likely N-dealkylation sites (tertiary alicyclic amines) is 1. The smallest absolute Gasteiger partial charge is 0.340 e. The average Bonchev–Trinajstić information content (AvgIpc) is 2.63. The molecule has 5 nitrogen and oxygen atoms in total. The standard InChI is InChI=1S/C18H22F3N5/c1-13-14(5-3-8-22-13)11-26-10-4-6-15(12-26)25(2)17-23-9-7-16(24-17)18(19,20)21/h3,5,7-9,15H,4,6,10-12H2,1-2H3. The number of pyridine rings is 1. The molecule has 0 aliphatic carbocycles. The first-order valence-corrected chi connectivity index (χ1v) is 8.60. The first-order chi connectivity index (χ1) is 12.3. The van der Waals surface area contributed by atoms with E-state index in [1.54, 1.807) is 18.1 Å². The molecule has 1 atom stereocenters. The van der Waals surface area contributed by atoms with Crippen LogP contribution in [0.15, 0.2) is 30.6 Å². The van der Waals surface area contributed by atoms with Crippen LogP contribution in [0.1, 0.15) is 29.8 Å². The number of aryl methyl sites for hydroxylation is 1. The predicted octanol–water partition coefficient (Wildman–Crippen LogP) is 3.30. The highest BCUT2D eigenvalue weighted by Crippen LogP contribution is 2.29. The molecule has 1 unspecified atom stereocenters. The molecule has 1 saturated heterocycles. The third-order valence-corrected chi connectivity index (χ3v) is 4.79. The molecule has 0 aromatic carbocycles. The fourth-order valence-corrected chi connectivity index (χ4v) is 3.26. The van der Waals surface area contributed by atoms with E-state index in [-0.39, 0.29) is 12.0 Å². The Bertz CT molecular complexity index is 750. The highest BCUT2D eigenvalue weighted by molar-refractivity contribution is 5.32. The van der Waals surface area contributed by atoms with Crippen molar-refractivity contribution in [3.63, 3.8) is 0 Å². The summed E-state index contributed by atoms with van der Waals surface area (Å²) in [6, 6.07) is 4.96. The molecular weight excluding hydrogens is 343 g/mol. The van der Waals surface area contributed by atoms with Crippen LogP contribution >= 0.6 is 0 Å². The van der Waals surface area contributed by atoms with E-state index in [2.05, 4.69) is 25.9 Å². The zero-order valence-corrected chi connectivity index (χ0v) is 14.9. The van der Waals surface area contributed by atoms with Crippen molar-refractivity contribution in [2.24, 2.45) is 0 Å². The molecule has 140 valence electrons. The van der Waals surface area contributed by atoms with E-state index in [0.717, 1.165) is 44.2 Å². The highest BCUT2D eigenvalue weighted by Gasteiger charge is 2.34. The molecule has 0 saturated carbocycles. The van der Waals surface area contributed by atoms with Gasteiger partial charge >= 0.3 is 6.18 Å². The van der Waals surface area contributed by atoms with Gasteiger partial charge in [0.05, 0.1) is 0 Å². The zero-order chi connectivity index (χ0) is 18.7. The van der Waals surface area contributed by atoms with Crippen LogP contribution in [0.5, 0.6) is 0 Å². The van der Waals surface area contributed by atoms with Crippen LogP contribution < -0.4 is 4.90 Å². The van der Waals surface area contributed by atoms with E-state index in [0.29, 0.717) is 0 Å². The number of aromatic nitrogens is 3. The lowest BCUT2D eigenvalue weighted by molar-refractivity contribution is -0.141. The van der Waals surface area contributed by atoms with Crippen LogP contribution in [0.2, 0.25) is 0 Å². The molecule has 3 rings (SSSR count). The van der Waals surface area contributed by atoms with Gasteiger partial charge in [-0.05, 0) is 44.0 Å². The van der Waals surface area contributed by atoms with Gasteiger partial charge in [-0.15, -0.1) is 0 Å². The molecule has 0 radical (unpaired) electrons. The fourth-order valence-electron chi connectivity index (χ4n) is 3.26. The summed E-state index contributed by atoms with van der Waals surface area (Å²) in [5.74, 6) is 0.115. The van der Waals surface area contributed by atoms with Gasteiger partial charge in [-0.2, -0.15) is 13.2 Å². The monoisotopic (exact) mass is 365 g/mol. The fraction of sp³-hybridized carbons (Fsp3) is 0.500. The molecule has 2 aromatic heterocycles. The summed E-state index contributed by atoms with van der Waals surface area (Å²) in [5, 5.41) is 0. The predicted molar refractivity (Wildman–Crippen MR) is 92.7 cm³/mol. The molecule has 8 heteroatoms. The third-order valence-electron chi connectivity index (χ3n) is 4.79. The van der Waals surface area contributed by atoms with E-state index in [1.165, 1.54) is 11.8 Å². The second-order valence-corrected chi connectivity index (χ2v) is 6.63. The maximum absolute atomic E-state index is 12.9. The zero-order valence-electron chi connectivity index (χ0n) is 14.9. The summed E-state index contributed by atoms with van der Waals surface area (Å²) < 4.78 is 38.7. The lowest BCUT2D eigenvalue weighted by Crippen LogP contribution is -2.47. The van der Waals surface area contributed by atoms with Crippen LogP contribution in [0.25, 0.3) is 0 Å². The molecule has 1 fully saturated rings. The van der Waals surface area contributed by atoms with Gasteiger partial charge in [0.1, 0.15) is 5.69 Å². The van der Waals surface area contributed by atoms with Crippen LogP contribution in [0.4, 0.5) is 19.1 Å². The van der Waals surface area contributed by atoms with Crippen molar-refractivity contribution in [2.75, 3.05) is 25.0 Å². The minimum absolute atomic E-state index is 0.0733. The summed E-state index contributed by atoms with van der Waals surface area (Å²) in [4.78, 5) is 16.1. The summed E-state index contributed by atoms with van der Waals surface area (Å²) in [5.41, 5.74) is 1.27. The quantitative estimate of drug-likeness (QED) is 0.832. The van der Waals surface area contributed by atoms with Crippen molar-refractivity contribution in [1.29, 1.82) is 0 Å². The molecule has 2 aromatic rings. The number of anilines is 1. The topological polar surface area (TPSA) is 45.2 Å². The van der Waals surface area contributed by atoms with E-state index in [4.69, 9.17) is 0 Å². The Balaban J connectivity index is 1.70. The summed E-state index contributed by atoms with van der Waals surface area (Å²) in [6.45, 7) is 4.49. The Hall–Kier alpha value is -2.22. The van der Waals surface area contributed by atoms with Crippen molar-refractivity contribution >= 4 is 5.95 Å². The van der Waals surface area contributed by atoms with Gasteiger partial charge in [0.15, 0.2) is 0 Å². The number of likely N-dealkylation sites (N-methyl/N-ethyl adjacent to an activating group) is 1. The van der Waals surface area contributed by atoms with Crippen LogP contribution in [-0.2, 0) is 12.7 Å². The van der Waals surface area contributed by atoms with Crippen LogP contribution in [0, 0.1) is 6.92 Å². The number of rotatable bonds is 4. The van der Waals surface area contributed by atoms with Gasteiger partial charge < -0.3 is 4.90 Å². The molecule has 0 amide bonds. The lowest BCUT2D eigenvalue weighted by Gasteiger charge is -2.37. The van der Waals surface area contributed by atoms with Crippen molar-refractivity contribution < 1.29 is 13.2 Å². The maximum atomic E-state index is 12.9. The maximum Gasteiger partial charge on any atom is 0.433 e. The number of piperidine rings is 1. The Kier molecular flexibility index (Phi) is 5.41. The van der Waals surface area contributed by atoms with Crippen molar-refractivity contribution in [3.8, 4) is 0 Å². The normalized spacial score (nSPS) is 18.7. The number of nitrogens with zero attached hydrogens (tertiary/aromatic N) is 5. The van der Waals surface area contributed by atoms with E-state index >= 15 is 0 Å². The summed E-state index contributed by atoms with van der Waals surface area (Å²) in [6.07, 6.45) is 0.360. The van der Waals surface area contributed by atoms with Crippen molar-refractivity contribution in [2.45, 2.75) is 38.5 Å². The number of hydrogen-bond donors (Lipinski definition) is 0. The lowest BCUT2D eigenvalue weighted by atomic mass is 10.0. The van der Waals surface area contributed by atoms with Crippen LogP contribution in [0.3, 0.4) is 0 Å². The third kappa shape index (κ3) is 4.30. The van der Waals surface area contributed by atoms with Gasteiger partial charge in [0, 0.05) is 44.3 Å². The molecule has 3 heterocycles. The number of halogens is 3. The van der Waals surface area contributed by atoms with E-state index in [1.807, 2.05) is 13.0 Å².